The van der Waals surface area contributed by atoms with E-state index >= 15 is 0 Å². The number of thiazole rings is 1. The van der Waals surface area contributed by atoms with Crippen LogP contribution in [0, 0.1) is 21.4 Å². The van der Waals surface area contributed by atoms with Gasteiger partial charge in [-0.1, -0.05) is 91.0 Å². The smallest absolute Gasteiger partial charge is 0.269 e. The molecule has 234 valence electrons. The van der Waals surface area contributed by atoms with E-state index in [0.29, 0.717) is 36.3 Å². The Morgan fingerprint density at radius 1 is 0.851 bits per heavy atom. The molecule has 1 aliphatic heterocycles. The molecule has 5 aromatic rings. The van der Waals surface area contributed by atoms with Crippen molar-refractivity contribution in [3.05, 3.63) is 167 Å². The molecule has 1 fully saturated rings. The van der Waals surface area contributed by atoms with E-state index in [1.165, 1.54) is 27.8 Å². The second kappa shape index (κ2) is 14.2. The third-order valence-corrected chi connectivity index (χ3v) is 9.36. The van der Waals surface area contributed by atoms with Crippen LogP contribution in [0.5, 0.6) is 0 Å². The van der Waals surface area contributed by atoms with Crippen molar-refractivity contribution in [2.24, 2.45) is 0 Å². The molecular weight excluding hydrogens is 611 g/mol. The predicted octanol–water partition coefficient (Wildman–Crippen LogP) is 4.30. The number of nitriles is 1. The number of benzene rings is 4. The van der Waals surface area contributed by atoms with Crippen molar-refractivity contribution < 1.29 is 9.72 Å². The van der Waals surface area contributed by atoms with Crippen molar-refractivity contribution in [1.82, 2.24) is 14.4 Å². The van der Waals surface area contributed by atoms with Crippen molar-refractivity contribution in [3.63, 3.8) is 0 Å². The molecule has 1 amide bonds. The van der Waals surface area contributed by atoms with Gasteiger partial charge in [0.25, 0.3) is 17.2 Å². The van der Waals surface area contributed by atoms with E-state index in [2.05, 4.69) is 35.2 Å². The van der Waals surface area contributed by atoms with Crippen LogP contribution < -0.4 is 14.8 Å². The molecule has 0 saturated carbocycles. The first-order chi connectivity index (χ1) is 22.9. The highest BCUT2D eigenvalue weighted by Crippen LogP contribution is 2.29. The zero-order valence-corrected chi connectivity index (χ0v) is 26.3. The molecule has 0 bridgehead atoms. The molecule has 10 heteroatoms. The van der Waals surface area contributed by atoms with Gasteiger partial charge in [-0.3, -0.25) is 29.2 Å². The zero-order valence-electron chi connectivity index (χ0n) is 25.4. The third kappa shape index (κ3) is 6.97. The van der Waals surface area contributed by atoms with Crippen molar-refractivity contribution in [2.75, 3.05) is 26.2 Å². The Bertz CT molecular complexity index is 2060. The molecular formula is C37H31N5O4S. The SMILES string of the molecule is N#C/C(C(=O)N1CCN(C(c2ccccc2)c2ccccc2)CC1)=c1\s/c(=C\c2ccc([N+](=O)[O-])cc2)c(=O)n1Cc1ccccc1. The standard InChI is InChI=1S/C37H31N5O4S/c38-25-32(35(43)40-22-20-39(21-23-40)34(29-12-6-2-7-13-29)30-14-8-3-9-15-30)37-41(26-28-10-4-1-5-11-28)36(44)33(47-37)24-27-16-18-31(19-17-27)42(45)46/h1-19,24,34H,20-23,26H2/b33-24-,37-32+. The normalized spacial score (nSPS) is 14.6. The predicted molar refractivity (Wildman–Crippen MR) is 182 cm³/mol. The quantitative estimate of drug-likeness (QED) is 0.185. The number of carbonyl (C=O) groups excluding carboxylic acids is 1. The van der Waals surface area contributed by atoms with Crippen LogP contribution in [-0.4, -0.2) is 51.4 Å². The average Bonchev–Trinajstić information content (AvgIpc) is 3.40. The molecule has 0 spiro atoms. The van der Waals surface area contributed by atoms with Crippen LogP contribution in [0.15, 0.2) is 120 Å². The maximum absolute atomic E-state index is 14.0. The average molecular weight is 642 g/mol. The second-order valence-corrected chi connectivity index (χ2v) is 12.2. The molecule has 1 saturated heterocycles. The lowest BCUT2D eigenvalue weighted by molar-refractivity contribution is -0.384. The van der Waals surface area contributed by atoms with Gasteiger partial charge in [-0.2, -0.15) is 5.26 Å². The second-order valence-electron chi connectivity index (χ2n) is 11.2. The van der Waals surface area contributed by atoms with Crippen LogP contribution in [0.1, 0.15) is 28.3 Å². The van der Waals surface area contributed by atoms with E-state index in [4.69, 9.17) is 0 Å². The number of hydrogen-bond donors (Lipinski definition) is 0. The highest BCUT2D eigenvalue weighted by atomic mass is 32.1. The highest BCUT2D eigenvalue weighted by Gasteiger charge is 2.30. The van der Waals surface area contributed by atoms with Gasteiger partial charge in [-0.15, -0.1) is 11.3 Å². The van der Waals surface area contributed by atoms with Gasteiger partial charge in [0, 0.05) is 38.3 Å². The number of non-ortho nitro benzene ring substituents is 1. The fourth-order valence-electron chi connectivity index (χ4n) is 5.87. The topological polar surface area (TPSA) is 112 Å². The molecule has 1 aliphatic rings. The van der Waals surface area contributed by atoms with E-state index in [1.54, 1.807) is 23.1 Å². The molecule has 9 nitrogen and oxygen atoms in total. The number of carbonyl (C=O) groups is 1. The minimum atomic E-state index is -0.483. The Labute approximate surface area is 275 Å². The van der Waals surface area contributed by atoms with Gasteiger partial charge in [0.05, 0.1) is 22.0 Å². The Morgan fingerprint density at radius 2 is 1.40 bits per heavy atom. The lowest BCUT2D eigenvalue weighted by Crippen LogP contribution is -2.50. The summed E-state index contributed by atoms with van der Waals surface area (Å²) in [5, 5.41) is 21.5. The lowest BCUT2D eigenvalue weighted by atomic mass is 9.96. The van der Waals surface area contributed by atoms with E-state index in [9.17, 15) is 25.0 Å². The highest BCUT2D eigenvalue weighted by molar-refractivity contribution is 7.07. The van der Waals surface area contributed by atoms with Crippen LogP contribution in [0.3, 0.4) is 0 Å². The van der Waals surface area contributed by atoms with Crippen molar-refractivity contribution >= 4 is 34.6 Å². The maximum atomic E-state index is 14.0. The largest absolute Gasteiger partial charge is 0.335 e. The fourth-order valence-corrected chi connectivity index (χ4v) is 6.97. The van der Waals surface area contributed by atoms with Gasteiger partial charge in [0.15, 0.2) is 5.57 Å². The van der Waals surface area contributed by atoms with Crippen molar-refractivity contribution in [3.8, 4) is 6.07 Å². The van der Waals surface area contributed by atoms with Crippen LogP contribution in [-0.2, 0) is 11.3 Å². The minimum absolute atomic E-state index is 0.0277. The van der Waals surface area contributed by atoms with Gasteiger partial charge < -0.3 is 4.90 Å². The number of hydrogen-bond acceptors (Lipinski definition) is 7. The summed E-state index contributed by atoms with van der Waals surface area (Å²) in [6.07, 6.45) is 1.63. The fraction of sp³-hybridized carbons (Fsp3) is 0.162. The first kappa shape index (κ1) is 31.4. The summed E-state index contributed by atoms with van der Waals surface area (Å²) in [6, 6.07) is 38.0. The number of aromatic nitrogens is 1. The molecule has 4 aromatic carbocycles. The number of nitro benzene ring substituents is 1. The van der Waals surface area contributed by atoms with E-state index in [-0.39, 0.29) is 34.1 Å². The van der Waals surface area contributed by atoms with Crippen LogP contribution in [0.2, 0.25) is 0 Å². The number of amides is 1. The summed E-state index contributed by atoms with van der Waals surface area (Å²) in [5.41, 5.74) is 3.31. The summed E-state index contributed by atoms with van der Waals surface area (Å²) < 4.78 is 2.09. The third-order valence-electron chi connectivity index (χ3n) is 8.23. The molecule has 1 aromatic heterocycles. The molecule has 47 heavy (non-hydrogen) atoms. The Morgan fingerprint density at radius 3 is 1.94 bits per heavy atom. The number of piperazine rings is 1. The van der Waals surface area contributed by atoms with Crippen LogP contribution in [0.4, 0.5) is 5.69 Å². The number of nitro groups is 1. The zero-order chi connectivity index (χ0) is 32.8. The molecule has 6 rings (SSSR count). The van der Waals surface area contributed by atoms with Gasteiger partial charge >= 0.3 is 0 Å². The Hall–Kier alpha value is -5.63. The monoisotopic (exact) mass is 641 g/mol. The molecule has 0 N–H and O–H groups in total. The molecule has 0 unspecified atom stereocenters. The first-order valence-corrected chi connectivity index (χ1v) is 16.0. The van der Waals surface area contributed by atoms with Crippen molar-refractivity contribution in [1.29, 1.82) is 5.26 Å². The molecule has 0 aliphatic carbocycles. The van der Waals surface area contributed by atoms with Gasteiger partial charge in [-0.05, 0) is 40.5 Å². The number of nitrogens with zero attached hydrogens (tertiary/aromatic N) is 5. The molecule has 0 atom stereocenters. The Kier molecular flexibility index (Phi) is 9.48. The van der Waals surface area contributed by atoms with Gasteiger partial charge in [-0.25, -0.2) is 0 Å². The van der Waals surface area contributed by atoms with E-state index in [1.807, 2.05) is 66.7 Å². The molecule has 0 radical (unpaired) electrons. The van der Waals surface area contributed by atoms with Gasteiger partial charge in [0.1, 0.15) is 10.7 Å². The maximum Gasteiger partial charge on any atom is 0.269 e. The van der Waals surface area contributed by atoms with Crippen LogP contribution >= 0.6 is 11.3 Å². The summed E-state index contributed by atoms with van der Waals surface area (Å²) in [6.45, 7) is 2.26. The first-order valence-electron chi connectivity index (χ1n) is 15.2. The van der Waals surface area contributed by atoms with Crippen molar-refractivity contribution in [2.45, 2.75) is 12.6 Å². The van der Waals surface area contributed by atoms with Crippen LogP contribution in [0.25, 0.3) is 11.6 Å². The van der Waals surface area contributed by atoms with Gasteiger partial charge in [0.2, 0.25) is 0 Å². The minimum Gasteiger partial charge on any atom is -0.335 e. The number of rotatable bonds is 8. The summed E-state index contributed by atoms with van der Waals surface area (Å²) in [5.74, 6) is -0.409. The summed E-state index contributed by atoms with van der Waals surface area (Å²) in [4.78, 5) is 42.4. The lowest BCUT2D eigenvalue weighted by Gasteiger charge is -2.39. The summed E-state index contributed by atoms with van der Waals surface area (Å²) >= 11 is 1.08. The van der Waals surface area contributed by atoms with E-state index in [0.717, 1.165) is 16.9 Å². The Balaban J connectivity index is 1.34. The van der Waals surface area contributed by atoms with E-state index < -0.39 is 10.8 Å². The summed E-state index contributed by atoms with van der Waals surface area (Å²) in [7, 11) is 0. The molecule has 2 heterocycles.